The van der Waals surface area contributed by atoms with Crippen molar-refractivity contribution < 1.29 is 80.2 Å². The first-order valence-electron chi connectivity index (χ1n) is 36.0. The molecule has 0 aliphatic heterocycles. The molecule has 0 aromatic heterocycles. The topological polar surface area (TPSA) is 237 Å². The van der Waals surface area contributed by atoms with E-state index in [0.717, 1.165) is 109 Å². The molecule has 0 amide bonds. The second-order valence-electron chi connectivity index (χ2n) is 25.9. The van der Waals surface area contributed by atoms with Crippen molar-refractivity contribution in [2.75, 3.05) is 39.6 Å². The molecule has 0 saturated carbocycles. The van der Waals surface area contributed by atoms with Crippen molar-refractivity contribution in [2.24, 2.45) is 11.8 Å². The second kappa shape index (κ2) is 61.3. The van der Waals surface area contributed by atoms with Gasteiger partial charge in [0.2, 0.25) is 0 Å². The normalized spacial score (nSPS) is 14.2. The third-order valence-electron chi connectivity index (χ3n) is 16.0. The molecule has 19 heteroatoms. The van der Waals surface area contributed by atoms with Gasteiger partial charge in [0, 0.05) is 25.7 Å². The van der Waals surface area contributed by atoms with Gasteiger partial charge in [-0.2, -0.15) is 0 Å². The Kier molecular flexibility index (Phi) is 59.9. The van der Waals surface area contributed by atoms with E-state index in [9.17, 15) is 43.2 Å². The molecule has 0 saturated heterocycles. The Labute approximate surface area is 537 Å². The fourth-order valence-corrected chi connectivity index (χ4v) is 12.0. The fourth-order valence-electron chi connectivity index (χ4n) is 10.4. The highest BCUT2D eigenvalue weighted by atomic mass is 31.2. The lowest BCUT2D eigenvalue weighted by molar-refractivity contribution is -0.161. The minimum atomic E-state index is -4.95. The van der Waals surface area contributed by atoms with Crippen molar-refractivity contribution >= 4 is 39.5 Å². The summed E-state index contributed by atoms with van der Waals surface area (Å²) in [5, 5.41) is 10.5. The van der Waals surface area contributed by atoms with Crippen molar-refractivity contribution in [3.63, 3.8) is 0 Å². The first-order valence-corrected chi connectivity index (χ1v) is 39.0. The van der Waals surface area contributed by atoms with E-state index in [2.05, 4.69) is 41.5 Å². The smallest absolute Gasteiger partial charge is 0.462 e. The molecule has 0 heterocycles. The number of aliphatic hydroxyl groups is 1. The highest BCUT2D eigenvalue weighted by molar-refractivity contribution is 7.47. The van der Waals surface area contributed by atoms with Crippen LogP contribution in [0.3, 0.4) is 0 Å². The number of aliphatic hydroxyl groups excluding tert-OH is 1. The number of hydrogen-bond donors (Lipinski definition) is 3. The highest BCUT2D eigenvalue weighted by Gasteiger charge is 2.30. The molecule has 0 radical (unpaired) electrons. The number of ether oxygens (including phenoxy) is 4. The third kappa shape index (κ3) is 62.8. The number of phosphoric acid groups is 2. The summed E-state index contributed by atoms with van der Waals surface area (Å²) in [6.07, 6.45) is 46.4. The van der Waals surface area contributed by atoms with Crippen LogP contribution in [-0.4, -0.2) is 96.7 Å². The summed E-state index contributed by atoms with van der Waals surface area (Å²) < 4.78 is 68.0. The van der Waals surface area contributed by atoms with E-state index in [1.54, 1.807) is 0 Å². The van der Waals surface area contributed by atoms with Gasteiger partial charge in [0.05, 0.1) is 26.4 Å². The number of rotatable bonds is 68. The van der Waals surface area contributed by atoms with E-state index in [-0.39, 0.29) is 25.7 Å². The molecule has 0 bridgehead atoms. The lowest BCUT2D eigenvalue weighted by Gasteiger charge is -2.21. The fraction of sp³-hybridized carbons (Fsp3) is 0.942. The molecule has 0 aromatic carbocycles. The second-order valence-corrected chi connectivity index (χ2v) is 28.8. The quantitative estimate of drug-likeness (QED) is 0.0222. The number of phosphoric ester groups is 2. The molecule has 3 N–H and O–H groups in total. The van der Waals surface area contributed by atoms with Gasteiger partial charge >= 0.3 is 39.5 Å². The Morgan fingerprint density at radius 1 is 0.307 bits per heavy atom. The van der Waals surface area contributed by atoms with Gasteiger partial charge in [-0.1, -0.05) is 298 Å². The van der Waals surface area contributed by atoms with E-state index in [4.69, 9.17) is 37.0 Å². The van der Waals surface area contributed by atoms with Gasteiger partial charge in [0.15, 0.2) is 12.2 Å². The summed E-state index contributed by atoms with van der Waals surface area (Å²) in [6.45, 7) is 9.36. The minimum absolute atomic E-state index is 0.102. The van der Waals surface area contributed by atoms with E-state index >= 15 is 0 Å². The van der Waals surface area contributed by atoms with Gasteiger partial charge in [-0.25, -0.2) is 9.13 Å². The maximum atomic E-state index is 13.0. The van der Waals surface area contributed by atoms with Crippen LogP contribution in [-0.2, 0) is 65.4 Å². The Morgan fingerprint density at radius 2 is 0.523 bits per heavy atom. The summed E-state index contributed by atoms with van der Waals surface area (Å²) in [5.74, 6) is -0.742. The number of carbonyl (C=O) groups excluding carboxylic acids is 4. The Bertz CT molecular complexity index is 1720. The predicted octanol–water partition coefficient (Wildman–Crippen LogP) is 19.6. The van der Waals surface area contributed by atoms with Gasteiger partial charge < -0.3 is 33.8 Å². The van der Waals surface area contributed by atoms with E-state index in [1.807, 2.05) is 0 Å². The molecular weight excluding hydrogens is 1160 g/mol. The predicted molar refractivity (Wildman–Crippen MR) is 354 cm³/mol. The minimum Gasteiger partial charge on any atom is -0.462 e. The molecule has 2 unspecified atom stereocenters. The zero-order valence-corrected chi connectivity index (χ0v) is 58.8. The van der Waals surface area contributed by atoms with Gasteiger partial charge in [-0.3, -0.25) is 37.3 Å². The lowest BCUT2D eigenvalue weighted by Crippen LogP contribution is -2.30. The average molecular weight is 1300 g/mol. The zero-order valence-electron chi connectivity index (χ0n) is 57.0. The standard InChI is InChI=1S/C69H134O17P2/c1-7-9-11-13-15-16-17-18-19-20-21-22-23-24-25-26-27-28-34-41-47-53-68(73)85-64(58-80-67(72)52-46-40-33-30-29-32-37-43-49-61(3)4)59-83-87(75,76)81-55-63(70)56-82-88(77,78)84-60-65(57-79-66(71)51-45-39-31-14-12-10-8-2)86-69(74)54-48-42-36-35-38-44-50-62(5)6/h61-65,70H,7-60H2,1-6H3,(H,75,76)(H,77,78)/t63-,64-,65-/m1/s1. The number of carbonyl (C=O) groups is 4. The molecule has 5 atom stereocenters. The average Bonchev–Trinajstić information content (AvgIpc) is 3.51. The monoisotopic (exact) mass is 1300 g/mol. The van der Waals surface area contributed by atoms with Gasteiger partial charge in [-0.15, -0.1) is 0 Å². The molecule has 0 fully saturated rings. The Balaban J connectivity index is 5.12. The molecule has 0 rings (SSSR count). The highest BCUT2D eigenvalue weighted by Crippen LogP contribution is 2.45. The molecule has 522 valence electrons. The van der Waals surface area contributed by atoms with Crippen LogP contribution in [0, 0.1) is 11.8 Å². The molecule has 0 aliphatic carbocycles. The first-order chi connectivity index (χ1) is 42.4. The van der Waals surface area contributed by atoms with Crippen LogP contribution >= 0.6 is 15.6 Å². The van der Waals surface area contributed by atoms with Crippen LogP contribution in [0.25, 0.3) is 0 Å². The maximum Gasteiger partial charge on any atom is 0.472 e. The first kappa shape index (κ1) is 86.1. The summed E-state index contributed by atoms with van der Waals surface area (Å²) in [4.78, 5) is 72.2. The summed E-state index contributed by atoms with van der Waals surface area (Å²) in [5.41, 5.74) is 0. The molecule has 0 aliphatic rings. The molecule has 0 spiro atoms. The molecule has 17 nitrogen and oxygen atoms in total. The molecule has 88 heavy (non-hydrogen) atoms. The zero-order chi connectivity index (χ0) is 65.0. The lowest BCUT2D eigenvalue weighted by atomic mass is 10.0. The maximum absolute atomic E-state index is 13.0. The van der Waals surface area contributed by atoms with Gasteiger partial charge in [0.1, 0.15) is 19.3 Å². The molecular formula is C69H134O17P2. The Hall–Kier alpha value is -1.94. The van der Waals surface area contributed by atoms with Crippen LogP contribution < -0.4 is 0 Å². The SMILES string of the molecule is CCCCCCCCCCCCCCCCCCCCCCCC(=O)O[C@H](COC(=O)CCCCCCCCCCC(C)C)COP(=O)(O)OC[C@@H](O)COP(=O)(O)OC[C@@H](COC(=O)CCCCCCCCC)OC(=O)CCCCCCCCC(C)C. The van der Waals surface area contributed by atoms with Crippen LogP contribution in [0.1, 0.15) is 350 Å². The third-order valence-corrected chi connectivity index (χ3v) is 17.9. The van der Waals surface area contributed by atoms with Crippen molar-refractivity contribution in [1.29, 1.82) is 0 Å². The van der Waals surface area contributed by atoms with Gasteiger partial charge in [0.25, 0.3) is 0 Å². The van der Waals surface area contributed by atoms with E-state index in [0.29, 0.717) is 31.6 Å². The van der Waals surface area contributed by atoms with E-state index in [1.165, 1.54) is 154 Å². The Morgan fingerprint density at radius 3 is 0.773 bits per heavy atom. The summed E-state index contributed by atoms with van der Waals surface area (Å²) in [7, 11) is -9.89. The van der Waals surface area contributed by atoms with Crippen molar-refractivity contribution in [3.05, 3.63) is 0 Å². The summed E-state index contributed by atoms with van der Waals surface area (Å²) in [6, 6.07) is 0. The van der Waals surface area contributed by atoms with Crippen LogP contribution in [0.4, 0.5) is 0 Å². The largest absolute Gasteiger partial charge is 0.472 e. The van der Waals surface area contributed by atoms with Crippen LogP contribution in [0.2, 0.25) is 0 Å². The number of esters is 4. The number of hydrogen-bond acceptors (Lipinski definition) is 15. The van der Waals surface area contributed by atoms with Crippen LogP contribution in [0.15, 0.2) is 0 Å². The molecule has 0 aromatic rings. The van der Waals surface area contributed by atoms with E-state index < -0.39 is 97.5 Å². The van der Waals surface area contributed by atoms with Crippen molar-refractivity contribution in [1.82, 2.24) is 0 Å². The summed E-state index contributed by atoms with van der Waals surface area (Å²) >= 11 is 0. The van der Waals surface area contributed by atoms with Gasteiger partial charge in [-0.05, 0) is 37.5 Å². The van der Waals surface area contributed by atoms with Crippen molar-refractivity contribution in [3.8, 4) is 0 Å². The van der Waals surface area contributed by atoms with Crippen LogP contribution in [0.5, 0.6) is 0 Å². The number of unbranched alkanes of at least 4 members (excludes halogenated alkanes) is 38. The van der Waals surface area contributed by atoms with Crippen molar-refractivity contribution in [2.45, 2.75) is 368 Å².